The topological polar surface area (TPSA) is 77.4 Å². The molecule has 1 unspecified atom stereocenters. The van der Waals surface area contributed by atoms with Gasteiger partial charge in [-0.25, -0.2) is 8.42 Å². The number of aliphatic hydroxyl groups excluding tert-OH is 1. The van der Waals surface area contributed by atoms with Crippen molar-refractivity contribution in [3.05, 3.63) is 0 Å². The van der Waals surface area contributed by atoms with Crippen molar-refractivity contribution in [3.63, 3.8) is 0 Å². The predicted octanol–water partition coefficient (Wildman–Crippen LogP) is -2.52. The third-order valence-electron chi connectivity index (χ3n) is 1.59. The summed E-state index contributed by atoms with van der Waals surface area (Å²) >= 11 is 0. The largest absolute Gasteiger partial charge is 1.00 e. The van der Waals surface area contributed by atoms with E-state index in [4.69, 9.17) is 5.11 Å². The van der Waals surface area contributed by atoms with Gasteiger partial charge >= 0.3 is 29.6 Å². The molecule has 0 aliphatic heterocycles. The van der Waals surface area contributed by atoms with Gasteiger partial charge in [-0.3, -0.25) is 0 Å². The van der Waals surface area contributed by atoms with Crippen LogP contribution < -0.4 is 29.6 Å². The zero-order valence-corrected chi connectivity index (χ0v) is 11.0. The minimum absolute atomic E-state index is 0. The number of aliphatic hydroxyl groups is 1. The Balaban J connectivity index is 0. The molecule has 74 valence electrons. The van der Waals surface area contributed by atoms with E-state index in [1.165, 1.54) is 0 Å². The molecule has 0 saturated heterocycles. The monoisotopic (exact) mass is 218 g/mol. The van der Waals surface area contributed by atoms with Gasteiger partial charge in [0.15, 0.2) is 0 Å². The number of hydrogen-bond donors (Lipinski definition) is 1. The van der Waals surface area contributed by atoms with Gasteiger partial charge in [-0.1, -0.05) is 19.8 Å². The van der Waals surface area contributed by atoms with Gasteiger partial charge in [0.25, 0.3) is 0 Å². The molecule has 0 aliphatic carbocycles. The van der Waals surface area contributed by atoms with E-state index in [0.29, 0.717) is 6.42 Å². The van der Waals surface area contributed by atoms with Crippen molar-refractivity contribution in [2.45, 2.75) is 38.7 Å². The standard InChI is InChI=1S/C7H16O4S.Na/c1-2-3-4-7(8)5-6-12(9,10)11;/h7-8H,2-6H2,1H3,(H,9,10,11);/q;+1/p-1. The summed E-state index contributed by atoms with van der Waals surface area (Å²) < 4.78 is 30.4. The van der Waals surface area contributed by atoms with Crippen LogP contribution in [0.15, 0.2) is 0 Å². The van der Waals surface area contributed by atoms with Gasteiger partial charge in [-0.05, 0) is 12.8 Å². The summed E-state index contributed by atoms with van der Waals surface area (Å²) in [6.07, 6.45) is 1.81. The fourth-order valence-electron chi connectivity index (χ4n) is 0.864. The van der Waals surface area contributed by atoms with Crippen LogP contribution in [-0.4, -0.2) is 29.9 Å². The predicted molar refractivity (Wildman–Crippen MR) is 44.7 cm³/mol. The number of unbranched alkanes of at least 4 members (excludes halogenated alkanes) is 1. The molecule has 6 heteroatoms. The van der Waals surface area contributed by atoms with Crippen LogP contribution in [0.3, 0.4) is 0 Å². The first-order valence-electron chi connectivity index (χ1n) is 4.07. The fourth-order valence-corrected chi connectivity index (χ4v) is 1.43. The van der Waals surface area contributed by atoms with E-state index in [1.807, 2.05) is 6.92 Å². The van der Waals surface area contributed by atoms with Gasteiger partial charge in [0.2, 0.25) is 0 Å². The van der Waals surface area contributed by atoms with Crippen LogP contribution in [0.2, 0.25) is 0 Å². The minimum atomic E-state index is -4.15. The summed E-state index contributed by atoms with van der Waals surface area (Å²) in [4.78, 5) is 0. The molecular weight excluding hydrogens is 203 g/mol. The molecule has 0 aliphatic rings. The van der Waals surface area contributed by atoms with Crippen LogP contribution in [0.5, 0.6) is 0 Å². The summed E-state index contributed by atoms with van der Waals surface area (Å²) in [6, 6.07) is 0. The Morgan fingerprint density at radius 1 is 1.38 bits per heavy atom. The van der Waals surface area contributed by atoms with E-state index in [2.05, 4.69) is 0 Å². The molecule has 0 aromatic heterocycles. The van der Waals surface area contributed by atoms with Crippen molar-refractivity contribution in [1.82, 2.24) is 0 Å². The molecule has 0 radical (unpaired) electrons. The molecule has 0 saturated carbocycles. The molecule has 1 N–H and O–H groups in total. The van der Waals surface area contributed by atoms with Crippen LogP contribution in [0, 0.1) is 0 Å². The second-order valence-electron chi connectivity index (χ2n) is 2.85. The Labute approximate surface area is 102 Å². The first-order valence-corrected chi connectivity index (χ1v) is 5.65. The maximum Gasteiger partial charge on any atom is 1.00 e. The van der Waals surface area contributed by atoms with Gasteiger partial charge in [0, 0.05) is 5.75 Å². The van der Waals surface area contributed by atoms with Crippen LogP contribution in [0.25, 0.3) is 0 Å². The Morgan fingerprint density at radius 3 is 2.31 bits per heavy atom. The minimum Gasteiger partial charge on any atom is -0.748 e. The maximum absolute atomic E-state index is 10.1. The van der Waals surface area contributed by atoms with E-state index in [1.54, 1.807) is 0 Å². The van der Waals surface area contributed by atoms with Crippen molar-refractivity contribution < 1.29 is 47.6 Å². The average molecular weight is 218 g/mol. The summed E-state index contributed by atoms with van der Waals surface area (Å²) in [5, 5.41) is 9.14. The SMILES string of the molecule is CCCCC(O)CCS(=O)(=O)[O-].[Na+]. The zero-order valence-electron chi connectivity index (χ0n) is 8.19. The second-order valence-corrected chi connectivity index (χ2v) is 4.37. The zero-order chi connectivity index (χ0) is 9.61. The van der Waals surface area contributed by atoms with Crippen LogP contribution in [-0.2, 0) is 10.1 Å². The molecule has 4 nitrogen and oxygen atoms in total. The number of rotatable bonds is 6. The summed E-state index contributed by atoms with van der Waals surface area (Å²) in [5.74, 6) is -0.460. The van der Waals surface area contributed by atoms with Crippen LogP contribution in [0.1, 0.15) is 32.6 Å². The van der Waals surface area contributed by atoms with E-state index in [-0.39, 0.29) is 36.0 Å². The van der Waals surface area contributed by atoms with Crippen molar-refractivity contribution in [1.29, 1.82) is 0 Å². The average Bonchev–Trinajstić information content (AvgIpc) is 1.95. The Morgan fingerprint density at radius 2 is 1.92 bits per heavy atom. The normalized spacial score (nSPS) is 13.5. The summed E-state index contributed by atoms with van der Waals surface area (Å²) in [5.41, 5.74) is 0. The molecular formula is C7H15NaO4S. The van der Waals surface area contributed by atoms with Gasteiger partial charge < -0.3 is 9.66 Å². The second kappa shape index (κ2) is 8.20. The third kappa shape index (κ3) is 12.9. The summed E-state index contributed by atoms with van der Waals surface area (Å²) in [7, 11) is -4.15. The van der Waals surface area contributed by atoms with Crippen molar-refractivity contribution in [3.8, 4) is 0 Å². The van der Waals surface area contributed by atoms with Crippen LogP contribution in [0.4, 0.5) is 0 Å². The smallest absolute Gasteiger partial charge is 0.748 e. The van der Waals surface area contributed by atoms with Gasteiger partial charge in [-0.2, -0.15) is 0 Å². The van der Waals surface area contributed by atoms with E-state index < -0.39 is 22.0 Å². The van der Waals surface area contributed by atoms with E-state index in [9.17, 15) is 13.0 Å². The van der Waals surface area contributed by atoms with E-state index >= 15 is 0 Å². The molecule has 0 fully saturated rings. The molecule has 0 bridgehead atoms. The molecule has 0 rings (SSSR count). The number of hydrogen-bond acceptors (Lipinski definition) is 4. The Bertz CT molecular complexity index is 203. The molecule has 0 spiro atoms. The quantitative estimate of drug-likeness (QED) is 0.394. The molecule has 0 aromatic carbocycles. The molecule has 1 atom stereocenters. The Kier molecular flexibility index (Phi) is 10.3. The van der Waals surface area contributed by atoms with Crippen molar-refractivity contribution >= 4 is 10.1 Å². The first-order chi connectivity index (χ1) is 5.45. The molecule has 0 heterocycles. The first kappa shape index (κ1) is 16.3. The molecule has 13 heavy (non-hydrogen) atoms. The molecule has 0 amide bonds. The maximum atomic E-state index is 10.1. The third-order valence-corrected chi connectivity index (χ3v) is 2.33. The summed E-state index contributed by atoms with van der Waals surface area (Å²) in [6.45, 7) is 1.98. The Hall–Kier alpha value is 0.870. The fraction of sp³-hybridized carbons (Fsp3) is 1.00. The van der Waals surface area contributed by atoms with Crippen molar-refractivity contribution in [2.24, 2.45) is 0 Å². The van der Waals surface area contributed by atoms with Gasteiger partial charge in [0.1, 0.15) is 0 Å². The van der Waals surface area contributed by atoms with E-state index in [0.717, 1.165) is 12.8 Å². The van der Waals surface area contributed by atoms with Crippen molar-refractivity contribution in [2.75, 3.05) is 5.75 Å². The molecule has 0 aromatic rings. The van der Waals surface area contributed by atoms with Gasteiger partial charge in [-0.15, -0.1) is 0 Å². The van der Waals surface area contributed by atoms with Gasteiger partial charge in [0.05, 0.1) is 16.2 Å². The van der Waals surface area contributed by atoms with Crippen LogP contribution >= 0.6 is 0 Å².